The number of nitrogens with zero attached hydrogens (tertiary/aromatic N) is 1. The van der Waals surface area contributed by atoms with Gasteiger partial charge in [-0.2, -0.15) is 0 Å². The summed E-state index contributed by atoms with van der Waals surface area (Å²) in [5, 5.41) is 3.84. The summed E-state index contributed by atoms with van der Waals surface area (Å²) in [7, 11) is 0. The first-order valence-corrected chi connectivity index (χ1v) is 9.32. The molecule has 0 amide bonds. The van der Waals surface area contributed by atoms with Gasteiger partial charge >= 0.3 is 0 Å². The zero-order valence-corrected chi connectivity index (χ0v) is 14.1. The average molecular weight is 294 g/mol. The van der Waals surface area contributed by atoms with Gasteiger partial charge in [0, 0.05) is 18.1 Å². The lowest BCUT2D eigenvalue weighted by atomic mass is 9.51. The lowest BCUT2D eigenvalue weighted by Crippen LogP contribution is -2.67. The largest absolute Gasteiger partial charge is 0.378 e. The summed E-state index contributed by atoms with van der Waals surface area (Å²) in [4.78, 5) is 2.66. The van der Waals surface area contributed by atoms with Crippen LogP contribution in [0.25, 0.3) is 0 Å². The molecule has 0 aromatic carbocycles. The van der Waals surface area contributed by atoms with Gasteiger partial charge in [-0.25, -0.2) is 0 Å². The highest BCUT2D eigenvalue weighted by molar-refractivity contribution is 5.12. The Balaban J connectivity index is 1.31. The van der Waals surface area contributed by atoms with E-state index in [-0.39, 0.29) is 0 Å². The Morgan fingerprint density at radius 1 is 1.24 bits per heavy atom. The van der Waals surface area contributed by atoms with Crippen molar-refractivity contribution < 1.29 is 4.74 Å². The topological polar surface area (TPSA) is 24.5 Å². The van der Waals surface area contributed by atoms with Crippen LogP contribution >= 0.6 is 0 Å². The van der Waals surface area contributed by atoms with Crippen LogP contribution in [0.4, 0.5) is 0 Å². The number of nitrogens with one attached hydrogen (secondary N) is 1. The fraction of sp³-hybridized carbons (Fsp3) is 1.00. The minimum Gasteiger partial charge on any atom is -0.378 e. The Hall–Kier alpha value is -0.120. The third kappa shape index (κ3) is 3.30. The predicted molar refractivity (Wildman–Crippen MR) is 87.6 cm³/mol. The predicted octanol–water partition coefficient (Wildman–Crippen LogP) is 3.05. The van der Waals surface area contributed by atoms with Gasteiger partial charge in [-0.3, -0.25) is 0 Å². The van der Waals surface area contributed by atoms with Crippen LogP contribution in [-0.2, 0) is 4.74 Å². The maximum Gasteiger partial charge on any atom is 0.0661 e. The van der Waals surface area contributed by atoms with Gasteiger partial charge in [-0.1, -0.05) is 13.3 Å². The Morgan fingerprint density at radius 2 is 2.00 bits per heavy atom. The fourth-order valence-electron chi connectivity index (χ4n) is 4.59. The molecule has 1 N–H and O–H groups in total. The van der Waals surface area contributed by atoms with Gasteiger partial charge in [0.25, 0.3) is 0 Å². The second kappa shape index (κ2) is 6.97. The van der Waals surface area contributed by atoms with Crippen LogP contribution in [0, 0.1) is 11.3 Å². The molecule has 0 radical (unpaired) electrons. The molecular weight excluding hydrogens is 260 g/mol. The van der Waals surface area contributed by atoms with Crippen LogP contribution in [0.3, 0.4) is 0 Å². The summed E-state index contributed by atoms with van der Waals surface area (Å²) in [6.45, 7) is 10.5. The van der Waals surface area contributed by atoms with E-state index in [1.54, 1.807) is 0 Å². The quantitative estimate of drug-likeness (QED) is 0.730. The monoisotopic (exact) mass is 294 g/mol. The molecule has 2 unspecified atom stereocenters. The smallest absolute Gasteiger partial charge is 0.0661 e. The fourth-order valence-corrected chi connectivity index (χ4v) is 4.59. The van der Waals surface area contributed by atoms with Gasteiger partial charge < -0.3 is 15.0 Å². The lowest BCUT2D eigenvalue weighted by Gasteiger charge is -2.61. The Bertz CT molecular complexity index is 321. The van der Waals surface area contributed by atoms with Crippen LogP contribution in [0.15, 0.2) is 0 Å². The van der Waals surface area contributed by atoms with Crippen LogP contribution < -0.4 is 5.32 Å². The molecule has 21 heavy (non-hydrogen) atoms. The SMILES string of the molecule is CCOC1CC(NCCCN2CCC(C)CC2)C12CCC2. The third-order valence-corrected chi connectivity index (χ3v) is 6.36. The van der Waals surface area contributed by atoms with Gasteiger partial charge in [-0.15, -0.1) is 0 Å². The molecule has 1 heterocycles. The molecule has 0 aromatic rings. The zero-order valence-electron chi connectivity index (χ0n) is 14.1. The van der Waals surface area contributed by atoms with Crippen LogP contribution in [0.2, 0.25) is 0 Å². The highest BCUT2D eigenvalue weighted by atomic mass is 16.5. The molecule has 0 aromatic heterocycles. The summed E-state index contributed by atoms with van der Waals surface area (Å²) >= 11 is 0. The lowest BCUT2D eigenvalue weighted by molar-refractivity contribution is -0.172. The van der Waals surface area contributed by atoms with Crippen molar-refractivity contribution in [1.82, 2.24) is 10.2 Å². The highest BCUT2D eigenvalue weighted by Gasteiger charge is 2.58. The van der Waals surface area contributed by atoms with E-state index >= 15 is 0 Å². The summed E-state index contributed by atoms with van der Waals surface area (Å²) < 4.78 is 5.93. The first-order valence-electron chi connectivity index (χ1n) is 9.32. The second-order valence-corrected chi connectivity index (χ2v) is 7.65. The molecule has 0 bridgehead atoms. The van der Waals surface area contributed by atoms with E-state index in [0.29, 0.717) is 11.5 Å². The van der Waals surface area contributed by atoms with Gasteiger partial charge in [-0.05, 0) is 77.5 Å². The molecule has 2 atom stereocenters. The standard InChI is InChI=1S/C18H34N2O/c1-3-21-17-14-16(18(17)8-4-9-18)19-10-5-11-20-12-6-15(2)7-13-20/h15-17,19H,3-14H2,1-2H3. The van der Waals surface area contributed by atoms with E-state index in [9.17, 15) is 0 Å². The van der Waals surface area contributed by atoms with Gasteiger partial charge in [0.1, 0.15) is 0 Å². The number of piperidine rings is 1. The highest BCUT2D eigenvalue weighted by Crippen LogP contribution is 2.57. The molecule has 3 rings (SSSR count). The summed E-state index contributed by atoms with van der Waals surface area (Å²) in [6.07, 6.45) is 10.1. The first kappa shape index (κ1) is 15.8. The van der Waals surface area contributed by atoms with Crippen molar-refractivity contribution in [3.05, 3.63) is 0 Å². The number of hydrogen-bond acceptors (Lipinski definition) is 3. The van der Waals surface area contributed by atoms with E-state index in [0.717, 1.165) is 18.6 Å². The third-order valence-electron chi connectivity index (χ3n) is 6.36. The number of hydrogen-bond donors (Lipinski definition) is 1. The minimum atomic E-state index is 0.524. The molecule has 122 valence electrons. The van der Waals surface area contributed by atoms with Crippen molar-refractivity contribution >= 4 is 0 Å². The minimum absolute atomic E-state index is 0.524. The summed E-state index contributed by atoms with van der Waals surface area (Å²) in [5.41, 5.74) is 0.524. The average Bonchev–Trinajstić information content (AvgIpc) is 2.41. The Labute approximate surface area is 130 Å². The molecule has 2 aliphatic carbocycles. The zero-order chi connectivity index (χ0) is 14.7. The van der Waals surface area contributed by atoms with E-state index in [1.807, 2.05) is 0 Å². The molecule has 1 spiro atoms. The molecule has 3 fully saturated rings. The number of rotatable bonds is 7. The molecule has 3 nitrogen and oxygen atoms in total. The van der Waals surface area contributed by atoms with Crippen molar-refractivity contribution in [3.63, 3.8) is 0 Å². The molecule has 1 aliphatic heterocycles. The van der Waals surface area contributed by atoms with E-state index in [2.05, 4.69) is 24.1 Å². The second-order valence-electron chi connectivity index (χ2n) is 7.65. The van der Waals surface area contributed by atoms with Crippen LogP contribution in [0.5, 0.6) is 0 Å². The van der Waals surface area contributed by atoms with E-state index in [1.165, 1.54) is 71.1 Å². The maximum absolute atomic E-state index is 5.93. The van der Waals surface area contributed by atoms with Crippen molar-refractivity contribution in [3.8, 4) is 0 Å². The normalized spacial score (nSPS) is 32.9. The van der Waals surface area contributed by atoms with E-state index in [4.69, 9.17) is 4.74 Å². The molecule has 3 heteroatoms. The molecule has 3 aliphatic rings. The Kier molecular flexibility index (Phi) is 5.23. The van der Waals surface area contributed by atoms with Gasteiger partial charge in [0.2, 0.25) is 0 Å². The number of ether oxygens (including phenoxy) is 1. The van der Waals surface area contributed by atoms with Crippen molar-refractivity contribution in [2.75, 3.05) is 32.8 Å². The van der Waals surface area contributed by atoms with Gasteiger partial charge in [0.05, 0.1) is 6.10 Å². The number of likely N-dealkylation sites (tertiary alicyclic amines) is 1. The molecule has 2 saturated carbocycles. The van der Waals surface area contributed by atoms with Gasteiger partial charge in [0.15, 0.2) is 0 Å². The Morgan fingerprint density at radius 3 is 2.62 bits per heavy atom. The molecular formula is C18H34N2O. The van der Waals surface area contributed by atoms with E-state index < -0.39 is 0 Å². The molecule has 1 saturated heterocycles. The summed E-state index contributed by atoms with van der Waals surface area (Å²) in [5.74, 6) is 0.948. The van der Waals surface area contributed by atoms with Crippen molar-refractivity contribution in [1.29, 1.82) is 0 Å². The van der Waals surface area contributed by atoms with Crippen LogP contribution in [0.1, 0.15) is 58.8 Å². The van der Waals surface area contributed by atoms with Crippen LogP contribution in [-0.4, -0.2) is 49.8 Å². The van der Waals surface area contributed by atoms with Crippen molar-refractivity contribution in [2.24, 2.45) is 11.3 Å². The van der Waals surface area contributed by atoms with Crippen molar-refractivity contribution in [2.45, 2.75) is 70.9 Å². The maximum atomic E-state index is 5.93. The summed E-state index contributed by atoms with van der Waals surface area (Å²) in [6, 6.07) is 0.740. The first-order chi connectivity index (χ1) is 10.2.